The maximum atomic E-state index is 14.9. The van der Waals surface area contributed by atoms with Crippen molar-refractivity contribution in [3.8, 4) is 0 Å². The van der Waals surface area contributed by atoms with Crippen LogP contribution in [0.15, 0.2) is 88.8 Å². The normalized spacial score (nSPS) is 19.9. The second-order valence-corrected chi connectivity index (χ2v) is 14.3. The summed E-state index contributed by atoms with van der Waals surface area (Å²) in [4.78, 5) is 17.0. The smallest absolute Gasteiger partial charge is 0.382 e. The number of anilines is 1. The molecule has 4 aromatic carbocycles. The Balaban J connectivity index is 1.07. The third-order valence-corrected chi connectivity index (χ3v) is 10.3. The summed E-state index contributed by atoms with van der Waals surface area (Å²) in [5.41, 5.74) is -1.64. The minimum atomic E-state index is -4.39. The van der Waals surface area contributed by atoms with E-state index in [0.29, 0.717) is 17.9 Å². The molecule has 0 spiro atoms. The van der Waals surface area contributed by atoms with Crippen LogP contribution >= 0.6 is 23.5 Å². The number of amides is 1. The van der Waals surface area contributed by atoms with Crippen molar-refractivity contribution in [2.45, 2.75) is 39.7 Å². The number of nitrogens with one attached hydrogen (secondary N) is 2. The van der Waals surface area contributed by atoms with Gasteiger partial charge in [-0.3, -0.25) is 14.8 Å². The number of thioether (sulfide) groups is 2. The Labute approximate surface area is 287 Å². The standard InChI is InChI=1S/C34H31F5N4O4S2/c1-20(33(45,17-43-19-40-18-41-43)29-11-6-25(35)14-30(29)36)48-28-15-46-32(47-16-28)24-5-3-21-12-23(4-2-22(21)13-24)31(44)42-26-7-9-27(10-8-26)49-34(37,38)39/h2-14,19-20,28,32,41,45H,15-18H2,1H3,(H,42,44). The van der Waals surface area contributed by atoms with Gasteiger partial charge in [-0.25, -0.2) is 14.2 Å². The van der Waals surface area contributed by atoms with Gasteiger partial charge in [-0.1, -0.05) is 31.2 Å². The maximum absolute atomic E-state index is 14.9. The summed E-state index contributed by atoms with van der Waals surface area (Å²) in [5, 5.41) is 17.0. The third-order valence-electron chi connectivity index (χ3n) is 8.08. The molecule has 1 fully saturated rings. The first-order valence-electron chi connectivity index (χ1n) is 15.1. The Morgan fingerprint density at radius 2 is 1.73 bits per heavy atom. The molecule has 4 aromatic rings. The molecule has 2 unspecified atom stereocenters. The van der Waals surface area contributed by atoms with Crippen LogP contribution in [-0.2, 0) is 15.1 Å². The maximum Gasteiger partial charge on any atom is 0.446 e. The lowest BCUT2D eigenvalue weighted by Gasteiger charge is -2.39. The number of benzene rings is 4. The van der Waals surface area contributed by atoms with Gasteiger partial charge in [-0.2, -0.15) is 13.2 Å². The van der Waals surface area contributed by atoms with Crippen molar-refractivity contribution < 1.29 is 41.3 Å². The average Bonchev–Trinajstić information content (AvgIpc) is 3.57. The Morgan fingerprint density at radius 3 is 2.41 bits per heavy atom. The molecule has 2 heterocycles. The minimum absolute atomic E-state index is 0.0222. The number of rotatable bonds is 10. The summed E-state index contributed by atoms with van der Waals surface area (Å²) in [5.74, 6) is -1.99. The average molecular weight is 719 g/mol. The van der Waals surface area contributed by atoms with Gasteiger partial charge in [0.2, 0.25) is 0 Å². The molecule has 2 aliphatic rings. The number of fused-ring (bicyclic) bond motifs is 1. The first kappa shape index (κ1) is 35.1. The predicted molar refractivity (Wildman–Crippen MR) is 179 cm³/mol. The number of nitrogens with zero attached hydrogens (tertiary/aromatic N) is 2. The highest BCUT2D eigenvalue weighted by molar-refractivity contribution is 8.00. The molecule has 1 saturated heterocycles. The van der Waals surface area contributed by atoms with Crippen molar-refractivity contribution in [2.24, 2.45) is 4.99 Å². The minimum Gasteiger partial charge on any atom is -0.382 e. The summed E-state index contributed by atoms with van der Waals surface area (Å²) in [7, 11) is 0. The van der Waals surface area contributed by atoms with Crippen LogP contribution in [0, 0.1) is 11.6 Å². The van der Waals surface area contributed by atoms with E-state index >= 15 is 0 Å². The summed E-state index contributed by atoms with van der Waals surface area (Å²) in [6.45, 7) is 2.66. The number of aliphatic imine (C=N–C) groups is 1. The molecule has 8 nitrogen and oxygen atoms in total. The first-order valence-corrected chi connectivity index (χ1v) is 16.9. The fourth-order valence-electron chi connectivity index (χ4n) is 5.59. The quantitative estimate of drug-likeness (QED) is 0.117. The van der Waals surface area contributed by atoms with E-state index in [-0.39, 0.29) is 47.2 Å². The topological polar surface area (TPSA) is 95.4 Å². The van der Waals surface area contributed by atoms with E-state index in [1.807, 2.05) is 18.2 Å². The lowest BCUT2D eigenvalue weighted by molar-refractivity contribution is -0.179. The SMILES string of the molecule is CC(SC1COC(c2ccc3cc(C(=O)Nc4ccc(SC(F)(F)F)cc4)ccc3c2)OC1)C(O)(CN1C=NCN1)c1ccc(F)cc1F. The van der Waals surface area contributed by atoms with Gasteiger partial charge in [0.15, 0.2) is 6.29 Å². The molecule has 1 amide bonds. The van der Waals surface area contributed by atoms with Crippen molar-refractivity contribution in [1.29, 1.82) is 0 Å². The fourth-order valence-corrected chi connectivity index (χ4v) is 7.45. The number of alkyl halides is 3. The van der Waals surface area contributed by atoms with Crippen LogP contribution in [-0.4, -0.2) is 64.8 Å². The van der Waals surface area contributed by atoms with Gasteiger partial charge >= 0.3 is 5.51 Å². The van der Waals surface area contributed by atoms with E-state index in [1.165, 1.54) is 48.4 Å². The van der Waals surface area contributed by atoms with Crippen molar-refractivity contribution in [2.75, 3.05) is 31.7 Å². The van der Waals surface area contributed by atoms with Crippen molar-refractivity contribution in [1.82, 2.24) is 10.4 Å². The number of carbonyl (C=O) groups is 1. The number of halogens is 5. The van der Waals surface area contributed by atoms with Gasteiger partial charge in [0.05, 0.1) is 25.0 Å². The molecule has 49 heavy (non-hydrogen) atoms. The summed E-state index contributed by atoms with van der Waals surface area (Å²) in [6, 6.07) is 19.3. The molecule has 0 radical (unpaired) electrons. The number of carbonyl (C=O) groups excluding carboxylic acids is 1. The number of hydrazine groups is 1. The zero-order valence-electron chi connectivity index (χ0n) is 25.9. The van der Waals surface area contributed by atoms with Crippen LogP contribution in [0.4, 0.5) is 27.6 Å². The van der Waals surface area contributed by atoms with Crippen LogP contribution in [0.2, 0.25) is 0 Å². The van der Waals surface area contributed by atoms with Crippen LogP contribution in [0.3, 0.4) is 0 Å². The molecular formula is C34H31F5N4O4S2. The van der Waals surface area contributed by atoms with E-state index in [2.05, 4.69) is 15.7 Å². The molecule has 15 heteroatoms. The molecule has 258 valence electrons. The Morgan fingerprint density at radius 1 is 1.02 bits per heavy atom. The number of β-amino-alcohol motifs (C(OH)–C–C–N with tert-alkyl or cyclic N) is 1. The Hall–Kier alpha value is -3.73. The monoisotopic (exact) mass is 718 g/mol. The van der Waals surface area contributed by atoms with Crippen LogP contribution < -0.4 is 10.7 Å². The van der Waals surface area contributed by atoms with E-state index in [9.17, 15) is 31.9 Å². The number of ether oxygens (including phenoxy) is 2. The molecule has 2 atom stereocenters. The molecule has 0 bridgehead atoms. The molecular weight excluding hydrogens is 688 g/mol. The highest BCUT2D eigenvalue weighted by Crippen LogP contribution is 2.40. The first-order chi connectivity index (χ1) is 23.4. The largest absolute Gasteiger partial charge is 0.446 e. The van der Waals surface area contributed by atoms with Gasteiger partial charge in [0.25, 0.3) is 5.91 Å². The van der Waals surface area contributed by atoms with E-state index in [0.717, 1.165) is 28.5 Å². The molecule has 6 rings (SSSR count). The second-order valence-electron chi connectivity index (χ2n) is 11.5. The molecule has 3 N–H and O–H groups in total. The number of hydrogen-bond acceptors (Lipinski definition) is 9. The highest BCUT2D eigenvalue weighted by Gasteiger charge is 2.42. The predicted octanol–water partition coefficient (Wildman–Crippen LogP) is 7.21. The number of aliphatic hydroxyl groups is 1. The summed E-state index contributed by atoms with van der Waals surface area (Å²) >= 11 is 1.16. The van der Waals surface area contributed by atoms with E-state index in [4.69, 9.17) is 9.47 Å². The van der Waals surface area contributed by atoms with Crippen molar-refractivity contribution in [3.05, 3.63) is 107 Å². The molecule has 2 aliphatic heterocycles. The van der Waals surface area contributed by atoms with Crippen LogP contribution in [0.1, 0.15) is 34.7 Å². The van der Waals surface area contributed by atoms with Gasteiger partial charge in [0, 0.05) is 38.6 Å². The van der Waals surface area contributed by atoms with Gasteiger partial charge in [0.1, 0.15) is 30.2 Å². The van der Waals surface area contributed by atoms with Gasteiger partial charge < -0.3 is 19.9 Å². The van der Waals surface area contributed by atoms with Crippen molar-refractivity contribution in [3.63, 3.8) is 0 Å². The summed E-state index contributed by atoms with van der Waals surface area (Å²) in [6.07, 6.45) is 0.864. The molecule has 0 aliphatic carbocycles. The van der Waals surface area contributed by atoms with Gasteiger partial charge in [-0.05, 0) is 71.1 Å². The molecule has 0 aromatic heterocycles. The highest BCUT2D eigenvalue weighted by atomic mass is 32.2. The Kier molecular flexibility index (Phi) is 10.5. The van der Waals surface area contributed by atoms with Gasteiger partial charge in [-0.15, -0.1) is 11.8 Å². The number of hydrogen-bond donors (Lipinski definition) is 3. The lowest BCUT2D eigenvalue weighted by Crippen LogP contribution is -2.50. The Bertz CT molecular complexity index is 1840. The van der Waals surface area contributed by atoms with E-state index in [1.54, 1.807) is 30.1 Å². The fraction of sp³-hybridized carbons (Fsp3) is 0.294. The molecule has 0 saturated carbocycles. The van der Waals surface area contributed by atoms with Crippen LogP contribution in [0.25, 0.3) is 10.8 Å². The lowest BCUT2D eigenvalue weighted by atomic mass is 9.89. The van der Waals surface area contributed by atoms with E-state index < -0.39 is 40.2 Å². The van der Waals surface area contributed by atoms with Crippen LogP contribution in [0.5, 0.6) is 0 Å². The third kappa shape index (κ3) is 8.53. The zero-order valence-corrected chi connectivity index (χ0v) is 27.5. The summed E-state index contributed by atoms with van der Waals surface area (Å²) < 4.78 is 78.5. The van der Waals surface area contributed by atoms with Crippen molar-refractivity contribution >= 4 is 52.2 Å². The zero-order chi connectivity index (χ0) is 34.8. The second kappa shape index (κ2) is 14.6.